The van der Waals surface area contributed by atoms with Crippen LogP contribution in [-0.2, 0) is 21.2 Å². The quantitative estimate of drug-likeness (QED) is 0.573. The standard InChI is InChI=1S/C21H27ClN2O3S2/c1-15-4-5-16(2)20(14-15)29(26,27)24-19(11-13-28-3)21(25)23-12-10-17-6-8-18(22)9-7-17/h4-9,14,19,24H,10-13H2,1-3H3,(H,23,25). The fraction of sp³-hybridized carbons (Fsp3) is 0.381. The molecule has 0 aliphatic carbocycles. The number of nitrogens with one attached hydrogen (secondary N) is 2. The maximum absolute atomic E-state index is 12.9. The maximum Gasteiger partial charge on any atom is 0.241 e. The Labute approximate surface area is 182 Å². The topological polar surface area (TPSA) is 75.3 Å². The van der Waals surface area contributed by atoms with E-state index in [4.69, 9.17) is 11.6 Å². The molecule has 0 aliphatic heterocycles. The van der Waals surface area contributed by atoms with E-state index in [-0.39, 0.29) is 10.8 Å². The lowest BCUT2D eigenvalue weighted by atomic mass is 10.1. The Kier molecular flexibility index (Phi) is 9.02. The van der Waals surface area contributed by atoms with Gasteiger partial charge >= 0.3 is 0 Å². The fourth-order valence-corrected chi connectivity index (χ4v) is 4.99. The van der Waals surface area contributed by atoms with Crippen molar-refractivity contribution < 1.29 is 13.2 Å². The number of hydrogen-bond acceptors (Lipinski definition) is 4. The van der Waals surface area contributed by atoms with Crippen LogP contribution in [0.5, 0.6) is 0 Å². The summed E-state index contributed by atoms with van der Waals surface area (Å²) in [5.74, 6) is 0.354. The van der Waals surface area contributed by atoms with Gasteiger partial charge in [0.2, 0.25) is 15.9 Å². The van der Waals surface area contributed by atoms with E-state index < -0.39 is 16.1 Å². The smallest absolute Gasteiger partial charge is 0.241 e. The second kappa shape index (κ2) is 11.0. The summed E-state index contributed by atoms with van der Waals surface area (Å²) in [5.41, 5.74) is 2.55. The van der Waals surface area contributed by atoms with Gasteiger partial charge < -0.3 is 5.32 Å². The highest BCUT2D eigenvalue weighted by Crippen LogP contribution is 2.18. The van der Waals surface area contributed by atoms with Gasteiger partial charge in [-0.1, -0.05) is 35.9 Å². The molecule has 2 aromatic rings. The van der Waals surface area contributed by atoms with Crippen molar-refractivity contribution in [3.8, 4) is 0 Å². The van der Waals surface area contributed by atoms with Gasteiger partial charge in [0.15, 0.2) is 0 Å². The van der Waals surface area contributed by atoms with Crippen molar-refractivity contribution in [1.82, 2.24) is 10.0 Å². The molecule has 0 spiro atoms. The van der Waals surface area contributed by atoms with Crippen molar-refractivity contribution in [2.45, 2.75) is 37.6 Å². The highest BCUT2D eigenvalue weighted by atomic mass is 35.5. The minimum atomic E-state index is -3.80. The number of halogens is 1. The third kappa shape index (κ3) is 7.33. The van der Waals surface area contributed by atoms with E-state index in [1.54, 1.807) is 43.0 Å². The summed E-state index contributed by atoms with van der Waals surface area (Å²) in [6, 6.07) is 11.9. The van der Waals surface area contributed by atoms with Crippen molar-refractivity contribution in [2.75, 3.05) is 18.6 Å². The van der Waals surface area contributed by atoms with E-state index in [1.807, 2.05) is 31.4 Å². The number of benzene rings is 2. The summed E-state index contributed by atoms with van der Waals surface area (Å²) in [6.45, 7) is 4.01. The summed E-state index contributed by atoms with van der Waals surface area (Å²) < 4.78 is 28.4. The van der Waals surface area contributed by atoms with Gasteiger partial charge in [-0.05, 0) is 73.6 Å². The Hall–Kier alpha value is -1.54. The molecule has 8 heteroatoms. The van der Waals surface area contributed by atoms with Crippen LogP contribution in [0.1, 0.15) is 23.1 Å². The largest absolute Gasteiger partial charge is 0.354 e. The first-order valence-electron chi connectivity index (χ1n) is 9.33. The van der Waals surface area contributed by atoms with Gasteiger partial charge in [0.1, 0.15) is 6.04 Å². The monoisotopic (exact) mass is 454 g/mol. The number of carbonyl (C=O) groups excluding carboxylic acids is 1. The van der Waals surface area contributed by atoms with Gasteiger partial charge in [-0.2, -0.15) is 16.5 Å². The van der Waals surface area contributed by atoms with Crippen LogP contribution in [0, 0.1) is 13.8 Å². The molecular formula is C21H27ClN2O3S2. The van der Waals surface area contributed by atoms with Crippen LogP contribution in [0.15, 0.2) is 47.4 Å². The van der Waals surface area contributed by atoms with Crippen LogP contribution in [0.25, 0.3) is 0 Å². The molecule has 0 saturated heterocycles. The summed E-state index contributed by atoms with van der Waals surface area (Å²) in [4.78, 5) is 12.9. The van der Waals surface area contributed by atoms with Crippen LogP contribution >= 0.6 is 23.4 Å². The van der Waals surface area contributed by atoms with Crippen LogP contribution in [0.3, 0.4) is 0 Å². The van der Waals surface area contributed by atoms with E-state index in [0.29, 0.717) is 35.7 Å². The second-order valence-electron chi connectivity index (χ2n) is 6.89. The molecule has 0 aromatic heterocycles. The highest BCUT2D eigenvalue weighted by Gasteiger charge is 2.26. The predicted octanol–water partition coefficient (Wildman–Crippen LogP) is 3.72. The SMILES string of the molecule is CSCCC(NS(=O)(=O)c1cc(C)ccc1C)C(=O)NCCc1ccc(Cl)cc1. The van der Waals surface area contributed by atoms with Gasteiger partial charge in [-0.25, -0.2) is 8.42 Å². The summed E-state index contributed by atoms with van der Waals surface area (Å²) >= 11 is 7.45. The molecule has 0 heterocycles. The van der Waals surface area contributed by atoms with Crippen LogP contribution in [-0.4, -0.2) is 38.9 Å². The van der Waals surface area contributed by atoms with Gasteiger partial charge in [0, 0.05) is 11.6 Å². The molecule has 0 aliphatic rings. The van der Waals surface area contributed by atoms with Crippen molar-refractivity contribution in [1.29, 1.82) is 0 Å². The van der Waals surface area contributed by atoms with E-state index in [9.17, 15) is 13.2 Å². The van der Waals surface area contributed by atoms with Crippen molar-refractivity contribution in [3.05, 3.63) is 64.2 Å². The third-order valence-corrected chi connectivity index (χ3v) is 6.99. The fourth-order valence-electron chi connectivity index (χ4n) is 2.83. The van der Waals surface area contributed by atoms with Gasteiger partial charge in [-0.3, -0.25) is 4.79 Å². The Morgan fingerprint density at radius 2 is 1.83 bits per heavy atom. The molecule has 1 unspecified atom stereocenters. The molecule has 1 amide bonds. The zero-order valence-corrected chi connectivity index (χ0v) is 19.3. The molecule has 29 heavy (non-hydrogen) atoms. The maximum atomic E-state index is 12.9. The first-order chi connectivity index (χ1) is 13.7. The minimum Gasteiger partial charge on any atom is -0.354 e. The lowest BCUT2D eigenvalue weighted by molar-refractivity contribution is -0.122. The Morgan fingerprint density at radius 1 is 1.14 bits per heavy atom. The minimum absolute atomic E-state index is 0.209. The predicted molar refractivity (Wildman–Crippen MR) is 121 cm³/mol. The number of thioether (sulfide) groups is 1. The Morgan fingerprint density at radius 3 is 2.48 bits per heavy atom. The number of carbonyl (C=O) groups is 1. The molecule has 0 saturated carbocycles. The normalized spacial score (nSPS) is 12.6. The zero-order valence-electron chi connectivity index (χ0n) is 16.9. The van der Waals surface area contributed by atoms with Crippen molar-refractivity contribution in [3.63, 3.8) is 0 Å². The van der Waals surface area contributed by atoms with E-state index in [1.165, 1.54) is 0 Å². The molecule has 5 nitrogen and oxygen atoms in total. The van der Waals surface area contributed by atoms with Gasteiger partial charge in [0.25, 0.3) is 0 Å². The van der Waals surface area contributed by atoms with Crippen LogP contribution in [0.4, 0.5) is 0 Å². The van der Waals surface area contributed by atoms with E-state index >= 15 is 0 Å². The van der Waals surface area contributed by atoms with Crippen molar-refractivity contribution >= 4 is 39.3 Å². The third-order valence-electron chi connectivity index (χ3n) is 4.48. The lowest BCUT2D eigenvalue weighted by Crippen LogP contribution is -2.47. The summed E-state index contributed by atoms with van der Waals surface area (Å²) in [7, 11) is -3.80. The molecule has 2 N–H and O–H groups in total. The summed E-state index contributed by atoms with van der Waals surface area (Å²) in [6.07, 6.45) is 2.98. The number of hydrogen-bond donors (Lipinski definition) is 2. The molecular weight excluding hydrogens is 428 g/mol. The number of rotatable bonds is 10. The zero-order chi connectivity index (χ0) is 21.4. The van der Waals surface area contributed by atoms with E-state index in [2.05, 4.69) is 10.0 Å². The second-order valence-corrected chi connectivity index (χ2v) is 10.00. The van der Waals surface area contributed by atoms with Crippen LogP contribution < -0.4 is 10.0 Å². The molecule has 0 bridgehead atoms. The molecule has 1 atom stereocenters. The number of sulfonamides is 1. The van der Waals surface area contributed by atoms with Gasteiger partial charge in [-0.15, -0.1) is 0 Å². The van der Waals surface area contributed by atoms with E-state index in [0.717, 1.165) is 11.1 Å². The molecule has 158 valence electrons. The molecule has 2 aromatic carbocycles. The van der Waals surface area contributed by atoms with Gasteiger partial charge in [0.05, 0.1) is 4.90 Å². The molecule has 0 radical (unpaired) electrons. The first-order valence-corrected chi connectivity index (χ1v) is 12.6. The highest BCUT2D eigenvalue weighted by molar-refractivity contribution is 7.98. The first kappa shape index (κ1) is 23.7. The molecule has 2 rings (SSSR count). The average molecular weight is 455 g/mol. The average Bonchev–Trinajstić information content (AvgIpc) is 2.68. The Balaban J connectivity index is 2.06. The summed E-state index contributed by atoms with van der Waals surface area (Å²) in [5, 5.41) is 3.51. The number of aryl methyl sites for hydroxylation is 2. The number of amides is 1. The molecule has 0 fully saturated rings. The lowest BCUT2D eigenvalue weighted by Gasteiger charge is -2.19. The Bertz CT molecular complexity index is 931. The van der Waals surface area contributed by atoms with Crippen LogP contribution in [0.2, 0.25) is 5.02 Å². The van der Waals surface area contributed by atoms with Crippen molar-refractivity contribution in [2.24, 2.45) is 0 Å².